The fraction of sp³-hybridized carbons (Fsp3) is 0.350. The van der Waals surface area contributed by atoms with Crippen LogP contribution in [0.1, 0.15) is 28.7 Å². The number of hydrogen-bond acceptors (Lipinski definition) is 2. The summed E-state index contributed by atoms with van der Waals surface area (Å²) in [6, 6.07) is 12.5. The van der Waals surface area contributed by atoms with Crippen molar-refractivity contribution >= 4 is 17.3 Å². The van der Waals surface area contributed by atoms with Gasteiger partial charge in [0.05, 0.1) is 6.54 Å². The fourth-order valence-electron chi connectivity index (χ4n) is 3.51. The summed E-state index contributed by atoms with van der Waals surface area (Å²) in [7, 11) is 0. The fourth-order valence-corrected chi connectivity index (χ4v) is 3.51. The molecule has 0 aliphatic carbocycles. The SMILES string of the molecule is Cc1cc(C)c(NCC(=O)N2CCCc3ccccc32)c(C)c1. The van der Waals surface area contributed by atoms with Crippen molar-refractivity contribution in [1.29, 1.82) is 0 Å². The number of carbonyl (C=O) groups excluding carboxylic acids is 1. The van der Waals surface area contributed by atoms with Gasteiger partial charge in [-0.15, -0.1) is 0 Å². The van der Waals surface area contributed by atoms with Gasteiger partial charge in [0.1, 0.15) is 0 Å². The summed E-state index contributed by atoms with van der Waals surface area (Å²) in [6.45, 7) is 7.41. The molecule has 3 heteroatoms. The molecule has 0 fully saturated rings. The van der Waals surface area contributed by atoms with E-state index in [1.807, 2.05) is 17.0 Å². The molecule has 1 aliphatic rings. The van der Waals surface area contributed by atoms with Crippen LogP contribution in [0, 0.1) is 20.8 Å². The van der Waals surface area contributed by atoms with Crippen LogP contribution in [0.3, 0.4) is 0 Å². The van der Waals surface area contributed by atoms with Gasteiger partial charge in [0.25, 0.3) is 0 Å². The van der Waals surface area contributed by atoms with Crippen molar-refractivity contribution in [2.24, 2.45) is 0 Å². The summed E-state index contributed by atoms with van der Waals surface area (Å²) in [4.78, 5) is 14.6. The molecule has 0 unspecified atom stereocenters. The molecule has 3 rings (SSSR count). The minimum absolute atomic E-state index is 0.136. The molecule has 120 valence electrons. The average molecular weight is 308 g/mol. The summed E-state index contributed by atoms with van der Waals surface area (Å²) in [5, 5.41) is 3.35. The van der Waals surface area contributed by atoms with Gasteiger partial charge >= 0.3 is 0 Å². The number of hydrogen-bond donors (Lipinski definition) is 1. The Morgan fingerprint density at radius 3 is 2.57 bits per heavy atom. The molecular weight excluding hydrogens is 284 g/mol. The highest BCUT2D eigenvalue weighted by Gasteiger charge is 2.21. The molecule has 1 heterocycles. The Bertz CT molecular complexity index is 713. The molecule has 1 amide bonds. The van der Waals surface area contributed by atoms with Crippen LogP contribution in [0.25, 0.3) is 0 Å². The lowest BCUT2D eigenvalue weighted by Crippen LogP contribution is -2.39. The van der Waals surface area contributed by atoms with Gasteiger partial charge in [-0.1, -0.05) is 35.9 Å². The lowest BCUT2D eigenvalue weighted by molar-refractivity contribution is -0.117. The Morgan fingerprint density at radius 2 is 1.83 bits per heavy atom. The van der Waals surface area contributed by atoms with Gasteiger partial charge in [0.2, 0.25) is 5.91 Å². The molecule has 0 aromatic heterocycles. The van der Waals surface area contributed by atoms with Crippen LogP contribution >= 0.6 is 0 Å². The molecule has 23 heavy (non-hydrogen) atoms. The minimum atomic E-state index is 0.136. The summed E-state index contributed by atoms with van der Waals surface area (Å²) >= 11 is 0. The maximum absolute atomic E-state index is 12.7. The third kappa shape index (κ3) is 3.24. The third-order valence-electron chi connectivity index (χ3n) is 4.50. The van der Waals surface area contributed by atoms with Crippen LogP contribution in [-0.4, -0.2) is 19.0 Å². The molecule has 0 spiro atoms. The lowest BCUT2D eigenvalue weighted by Gasteiger charge is -2.29. The van der Waals surface area contributed by atoms with Crippen molar-refractivity contribution in [3.63, 3.8) is 0 Å². The van der Waals surface area contributed by atoms with Crippen LogP contribution < -0.4 is 10.2 Å². The van der Waals surface area contributed by atoms with E-state index in [4.69, 9.17) is 0 Å². The van der Waals surface area contributed by atoms with E-state index in [1.165, 1.54) is 22.3 Å². The standard InChI is InChI=1S/C20H24N2O/c1-14-11-15(2)20(16(3)12-14)21-13-19(23)22-10-6-8-17-7-4-5-9-18(17)22/h4-5,7,9,11-12,21H,6,8,10,13H2,1-3H3. The van der Waals surface area contributed by atoms with Crippen LogP contribution in [0.15, 0.2) is 36.4 Å². The predicted molar refractivity (Wildman–Crippen MR) is 96.3 cm³/mol. The Labute approximate surface area is 138 Å². The highest BCUT2D eigenvalue weighted by molar-refractivity contribution is 5.97. The smallest absolute Gasteiger partial charge is 0.246 e. The van der Waals surface area contributed by atoms with Crippen molar-refractivity contribution < 1.29 is 4.79 Å². The van der Waals surface area contributed by atoms with Crippen molar-refractivity contribution in [2.45, 2.75) is 33.6 Å². The summed E-state index contributed by atoms with van der Waals surface area (Å²) in [5.74, 6) is 0.136. The number of aryl methyl sites for hydroxylation is 4. The van der Waals surface area contributed by atoms with Gasteiger partial charge in [-0.25, -0.2) is 0 Å². The first-order valence-corrected chi connectivity index (χ1v) is 8.26. The van der Waals surface area contributed by atoms with Gasteiger partial charge < -0.3 is 10.2 Å². The number of carbonyl (C=O) groups is 1. The second-order valence-electron chi connectivity index (χ2n) is 6.40. The van der Waals surface area contributed by atoms with Gasteiger partial charge in [0.15, 0.2) is 0 Å². The molecule has 0 bridgehead atoms. The van der Waals surface area contributed by atoms with Crippen molar-refractivity contribution in [3.8, 4) is 0 Å². The maximum atomic E-state index is 12.7. The molecule has 0 saturated carbocycles. The van der Waals surface area contributed by atoms with Crippen LogP contribution in [-0.2, 0) is 11.2 Å². The molecule has 1 aliphatic heterocycles. The van der Waals surface area contributed by atoms with E-state index in [1.54, 1.807) is 0 Å². The number of para-hydroxylation sites is 1. The summed E-state index contributed by atoms with van der Waals surface area (Å²) < 4.78 is 0. The van der Waals surface area contributed by atoms with Crippen molar-refractivity contribution in [2.75, 3.05) is 23.3 Å². The first-order valence-electron chi connectivity index (χ1n) is 8.26. The van der Waals surface area contributed by atoms with Gasteiger partial charge in [0, 0.05) is 17.9 Å². The molecular formula is C20H24N2O. The zero-order valence-electron chi connectivity index (χ0n) is 14.1. The third-order valence-corrected chi connectivity index (χ3v) is 4.50. The lowest BCUT2D eigenvalue weighted by atomic mass is 10.0. The number of nitrogens with zero attached hydrogens (tertiary/aromatic N) is 1. The molecule has 2 aromatic carbocycles. The van der Waals surface area contributed by atoms with Gasteiger partial charge in [-0.2, -0.15) is 0 Å². The van der Waals surface area contributed by atoms with Crippen LogP contribution in [0.4, 0.5) is 11.4 Å². The second-order valence-corrected chi connectivity index (χ2v) is 6.40. The Balaban J connectivity index is 1.74. The second kappa shape index (κ2) is 6.45. The van der Waals surface area contributed by atoms with Crippen molar-refractivity contribution in [3.05, 3.63) is 58.7 Å². The van der Waals surface area contributed by atoms with E-state index in [-0.39, 0.29) is 5.91 Å². The monoisotopic (exact) mass is 308 g/mol. The van der Waals surface area contributed by atoms with E-state index < -0.39 is 0 Å². The summed E-state index contributed by atoms with van der Waals surface area (Å²) in [5.41, 5.74) is 7.05. The molecule has 0 atom stereocenters. The van der Waals surface area contributed by atoms with E-state index in [2.05, 4.69) is 50.4 Å². The first kappa shape index (κ1) is 15.6. The Kier molecular flexibility index (Phi) is 4.37. The predicted octanol–water partition coefficient (Wildman–Crippen LogP) is 4.00. The topological polar surface area (TPSA) is 32.3 Å². The number of anilines is 2. The summed E-state index contributed by atoms with van der Waals surface area (Å²) in [6.07, 6.45) is 2.09. The Hall–Kier alpha value is -2.29. The number of amides is 1. The van der Waals surface area contributed by atoms with Gasteiger partial charge in [-0.05, 0) is 56.4 Å². The van der Waals surface area contributed by atoms with E-state index in [0.717, 1.165) is 30.8 Å². The molecule has 0 radical (unpaired) electrons. The largest absolute Gasteiger partial charge is 0.376 e. The first-order chi connectivity index (χ1) is 11.1. The average Bonchev–Trinajstić information content (AvgIpc) is 2.53. The quantitative estimate of drug-likeness (QED) is 0.929. The zero-order chi connectivity index (χ0) is 16.4. The minimum Gasteiger partial charge on any atom is -0.376 e. The molecule has 2 aromatic rings. The van der Waals surface area contributed by atoms with E-state index in [0.29, 0.717) is 6.54 Å². The number of rotatable bonds is 3. The molecule has 3 nitrogen and oxygen atoms in total. The number of fused-ring (bicyclic) bond motifs is 1. The number of nitrogens with one attached hydrogen (secondary N) is 1. The van der Waals surface area contributed by atoms with Gasteiger partial charge in [-0.3, -0.25) is 4.79 Å². The van der Waals surface area contributed by atoms with Crippen LogP contribution in [0.2, 0.25) is 0 Å². The zero-order valence-corrected chi connectivity index (χ0v) is 14.1. The highest BCUT2D eigenvalue weighted by Crippen LogP contribution is 2.27. The Morgan fingerprint density at radius 1 is 1.13 bits per heavy atom. The van der Waals surface area contributed by atoms with E-state index >= 15 is 0 Å². The van der Waals surface area contributed by atoms with E-state index in [9.17, 15) is 4.79 Å². The maximum Gasteiger partial charge on any atom is 0.246 e. The molecule has 1 N–H and O–H groups in total. The molecule has 0 saturated heterocycles. The van der Waals surface area contributed by atoms with Crippen LogP contribution in [0.5, 0.6) is 0 Å². The van der Waals surface area contributed by atoms with Crippen molar-refractivity contribution in [1.82, 2.24) is 0 Å². The number of benzene rings is 2. The highest BCUT2D eigenvalue weighted by atomic mass is 16.2. The normalized spacial score (nSPS) is 13.6.